The lowest BCUT2D eigenvalue weighted by atomic mass is 10.1. The minimum atomic E-state index is -0.0353. The zero-order valence-electron chi connectivity index (χ0n) is 19.7. The highest BCUT2D eigenvalue weighted by Gasteiger charge is 2.35. The van der Waals surface area contributed by atoms with E-state index >= 15 is 0 Å². The second-order valence-electron chi connectivity index (χ2n) is 8.95. The van der Waals surface area contributed by atoms with Crippen LogP contribution in [0.1, 0.15) is 24.8 Å². The van der Waals surface area contributed by atoms with Gasteiger partial charge in [0.25, 0.3) is 0 Å². The van der Waals surface area contributed by atoms with Crippen LogP contribution in [0.25, 0.3) is 11.1 Å². The molecule has 1 aliphatic rings. The summed E-state index contributed by atoms with van der Waals surface area (Å²) in [4.78, 5) is 17.0. The molecule has 0 radical (unpaired) electrons. The van der Waals surface area contributed by atoms with Crippen molar-refractivity contribution in [2.75, 3.05) is 5.32 Å². The summed E-state index contributed by atoms with van der Waals surface area (Å²) in [6.45, 7) is 0.602. The van der Waals surface area contributed by atoms with Crippen LogP contribution in [0.3, 0.4) is 0 Å². The van der Waals surface area contributed by atoms with E-state index < -0.39 is 0 Å². The molecule has 1 fully saturated rings. The van der Waals surface area contributed by atoms with Gasteiger partial charge in [0.05, 0.1) is 0 Å². The van der Waals surface area contributed by atoms with E-state index in [2.05, 4.69) is 72.0 Å². The third kappa shape index (κ3) is 5.95. The molecule has 176 valence electrons. The van der Waals surface area contributed by atoms with Crippen LogP contribution in [-0.4, -0.2) is 22.2 Å². The fraction of sp³-hybridized carbons (Fsp3) is 0.194. The van der Waals surface area contributed by atoms with Crippen molar-refractivity contribution in [3.8, 4) is 11.1 Å². The summed E-state index contributed by atoms with van der Waals surface area (Å²) >= 11 is 1.90. The highest BCUT2D eigenvalue weighted by atomic mass is 32.2. The van der Waals surface area contributed by atoms with Crippen molar-refractivity contribution in [1.29, 1.82) is 0 Å². The highest BCUT2D eigenvalue weighted by molar-refractivity contribution is 8.00. The summed E-state index contributed by atoms with van der Waals surface area (Å²) in [7, 11) is 0. The molecule has 4 aromatic carbocycles. The molecule has 0 bridgehead atoms. The number of anilines is 1. The third-order valence-corrected chi connectivity index (χ3v) is 7.95. The first-order chi connectivity index (χ1) is 17.3. The van der Waals surface area contributed by atoms with Gasteiger partial charge < -0.3 is 10.2 Å². The SMILES string of the molecule is O=C(Nc1ccc(-c2ccccc2)cc1)N(Cc1ccccc1)C1CCC[C@H]1Sc1ccccc1. The fourth-order valence-electron chi connectivity index (χ4n) is 4.77. The Kier molecular flexibility index (Phi) is 7.50. The van der Waals surface area contributed by atoms with Crippen molar-refractivity contribution < 1.29 is 4.79 Å². The molecule has 1 unspecified atom stereocenters. The molecule has 0 spiro atoms. The summed E-state index contributed by atoms with van der Waals surface area (Å²) in [5.41, 5.74) is 4.28. The monoisotopic (exact) mass is 478 g/mol. The number of carbonyl (C=O) groups excluding carboxylic acids is 1. The Morgan fingerprint density at radius 1 is 0.743 bits per heavy atom. The van der Waals surface area contributed by atoms with E-state index in [4.69, 9.17) is 0 Å². The van der Waals surface area contributed by atoms with E-state index in [-0.39, 0.29) is 12.1 Å². The number of hydrogen-bond donors (Lipinski definition) is 1. The molecule has 0 aromatic heterocycles. The first kappa shape index (κ1) is 23.3. The predicted octanol–water partition coefficient (Wildman–Crippen LogP) is 8.10. The van der Waals surface area contributed by atoms with Gasteiger partial charge in [0, 0.05) is 28.4 Å². The Balaban J connectivity index is 1.35. The predicted molar refractivity (Wildman–Crippen MR) is 147 cm³/mol. The average Bonchev–Trinajstić information content (AvgIpc) is 3.37. The lowest BCUT2D eigenvalue weighted by molar-refractivity contribution is 0.186. The van der Waals surface area contributed by atoms with Crippen LogP contribution >= 0.6 is 11.8 Å². The quantitative estimate of drug-likeness (QED) is 0.291. The van der Waals surface area contributed by atoms with Crippen molar-refractivity contribution >= 4 is 23.5 Å². The van der Waals surface area contributed by atoms with Gasteiger partial charge in [-0.25, -0.2) is 4.79 Å². The molecule has 5 rings (SSSR count). The Morgan fingerprint density at radius 3 is 2.03 bits per heavy atom. The van der Waals surface area contributed by atoms with E-state index in [0.29, 0.717) is 11.8 Å². The van der Waals surface area contributed by atoms with E-state index in [1.54, 1.807) is 0 Å². The summed E-state index contributed by atoms with van der Waals surface area (Å²) in [5, 5.41) is 3.56. The van der Waals surface area contributed by atoms with Gasteiger partial charge >= 0.3 is 6.03 Å². The minimum absolute atomic E-state index is 0.0353. The fourth-order valence-corrected chi connectivity index (χ4v) is 6.15. The Hall–Kier alpha value is -3.50. The van der Waals surface area contributed by atoms with Gasteiger partial charge in [-0.2, -0.15) is 0 Å². The molecule has 2 atom stereocenters. The number of amides is 2. The minimum Gasteiger partial charge on any atom is -0.316 e. The molecule has 1 saturated carbocycles. The third-order valence-electron chi connectivity index (χ3n) is 6.55. The molecule has 4 heteroatoms. The molecule has 0 saturated heterocycles. The summed E-state index contributed by atoms with van der Waals surface area (Å²) in [5.74, 6) is 0. The standard InChI is InChI=1S/C31H30N2OS/c34-31(32-27-21-19-26(20-22-27)25-13-6-2-7-14-25)33(23-24-11-4-1-5-12-24)29-17-10-18-30(29)35-28-15-8-3-9-16-28/h1-9,11-16,19-22,29-30H,10,17-18,23H2,(H,32,34)/t29?,30-/m1/s1. The first-order valence-electron chi connectivity index (χ1n) is 12.2. The smallest absolute Gasteiger partial charge is 0.316 e. The zero-order chi connectivity index (χ0) is 23.9. The van der Waals surface area contributed by atoms with E-state index in [1.807, 2.05) is 65.2 Å². The summed E-state index contributed by atoms with van der Waals surface area (Å²) in [6.07, 6.45) is 3.28. The number of hydrogen-bond acceptors (Lipinski definition) is 2. The maximum Gasteiger partial charge on any atom is 0.322 e. The van der Waals surface area contributed by atoms with Crippen molar-refractivity contribution in [3.63, 3.8) is 0 Å². The second kappa shape index (κ2) is 11.3. The molecule has 35 heavy (non-hydrogen) atoms. The number of benzene rings is 4. The van der Waals surface area contributed by atoms with E-state index in [0.717, 1.165) is 36.1 Å². The number of thioether (sulfide) groups is 1. The number of urea groups is 1. The maximum atomic E-state index is 13.7. The van der Waals surface area contributed by atoms with Crippen molar-refractivity contribution in [1.82, 2.24) is 4.90 Å². The average molecular weight is 479 g/mol. The number of nitrogens with one attached hydrogen (secondary N) is 1. The van der Waals surface area contributed by atoms with Gasteiger partial charge in [-0.3, -0.25) is 0 Å². The van der Waals surface area contributed by atoms with E-state index in [9.17, 15) is 4.79 Å². The van der Waals surface area contributed by atoms with Crippen LogP contribution in [0.15, 0.2) is 120 Å². The number of rotatable bonds is 7. The lowest BCUT2D eigenvalue weighted by Crippen LogP contribution is -2.45. The Labute approximate surface area is 212 Å². The molecule has 2 amide bonds. The van der Waals surface area contributed by atoms with Crippen LogP contribution in [0.5, 0.6) is 0 Å². The van der Waals surface area contributed by atoms with Crippen LogP contribution in [0, 0.1) is 0 Å². The number of carbonyl (C=O) groups is 1. The van der Waals surface area contributed by atoms with Gasteiger partial charge in [0.2, 0.25) is 0 Å². The molecular formula is C31H30N2OS. The molecule has 0 heterocycles. The Bertz CT molecular complexity index is 1210. The van der Waals surface area contributed by atoms with Gasteiger partial charge in [-0.15, -0.1) is 11.8 Å². The van der Waals surface area contributed by atoms with Crippen molar-refractivity contribution in [2.24, 2.45) is 0 Å². The molecule has 1 N–H and O–H groups in total. The molecular weight excluding hydrogens is 448 g/mol. The number of nitrogens with zero attached hydrogens (tertiary/aromatic N) is 1. The second-order valence-corrected chi connectivity index (χ2v) is 10.3. The van der Waals surface area contributed by atoms with Crippen LogP contribution in [0.4, 0.5) is 10.5 Å². The molecule has 4 aromatic rings. The van der Waals surface area contributed by atoms with Crippen molar-refractivity contribution in [3.05, 3.63) is 121 Å². The molecule has 0 aliphatic heterocycles. The van der Waals surface area contributed by atoms with E-state index in [1.165, 1.54) is 10.5 Å². The van der Waals surface area contributed by atoms with Gasteiger partial charge in [-0.1, -0.05) is 97.4 Å². The normalized spacial score (nSPS) is 17.1. The largest absolute Gasteiger partial charge is 0.322 e. The maximum absolute atomic E-state index is 13.7. The molecule has 1 aliphatic carbocycles. The summed E-state index contributed by atoms with van der Waals surface area (Å²) < 4.78 is 0. The zero-order valence-corrected chi connectivity index (χ0v) is 20.5. The topological polar surface area (TPSA) is 32.3 Å². The van der Waals surface area contributed by atoms with Crippen LogP contribution in [0.2, 0.25) is 0 Å². The Morgan fingerprint density at radius 2 is 1.34 bits per heavy atom. The molecule has 3 nitrogen and oxygen atoms in total. The van der Waals surface area contributed by atoms with Crippen LogP contribution < -0.4 is 5.32 Å². The van der Waals surface area contributed by atoms with Gasteiger partial charge in [0.15, 0.2) is 0 Å². The van der Waals surface area contributed by atoms with Crippen LogP contribution in [-0.2, 0) is 6.54 Å². The highest BCUT2D eigenvalue weighted by Crippen LogP contribution is 2.38. The lowest BCUT2D eigenvalue weighted by Gasteiger charge is -2.33. The van der Waals surface area contributed by atoms with Gasteiger partial charge in [0.1, 0.15) is 0 Å². The van der Waals surface area contributed by atoms with Gasteiger partial charge in [-0.05, 0) is 53.8 Å². The first-order valence-corrected chi connectivity index (χ1v) is 13.1. The summed E-state index contributed by atoms with van der Waals surface area (Å²) in [6, 6.07) is 39.4. The van der Waals surface area contributed by atoms with Crippen molar-refractivity contribution in [2.45, 2.75) is 42.0 Å².